The van der Waals surface area contributed by atoms with Gasteiger partial charge in [0.2, 0.25) is 0 Å². The molecule has 4 nitrogen and oxygen atoms in total. The van der Waals surface area contributed by atoms with E-state index in [0.717, 1.165) is 19.3 Å². The molecule has 98 valence electrons. The summed E-state index contributed by atoms with van der Waals surface area (Å²) in [6.07, 6.45) is 9.60. The normalized spacial score (nSPS) is 12.8. The van der Waals surface area contributed by atoms with Gasteiger partial charge in [-0.3, -0.25) is 9.59 Å². The van der Waals surface area contributed by atoms with Crippen molar-refractivity contribution in [3.63, 3.8) is 0 Å². The second-order valence-electron chi connectivity index (χ2n) is 4.17. The number of hydrogen-bond acceptors (Lipinski definition) is 2. The minimum Gasteiger partial charge on any atom is -0.481 e. The second kappa shape index (κ2) is 9.87. The third-order valence-corrected chi connectivity index (χ3v) is 2.55. The fourth-order valence-electron chi connectivity index (χ4n) is 1.55. The van der Waals surface area contributed by atoms with E-state index in [0.29, 0.717) is 0 Å². The van der Waals surface area contributed by atoms with Gasteiger partial charge in [0.25, 0.3) is 0 Å². The largest absolute Gasteiger partial charge is 0.481 e. The zero-order valence-corrected chi connectivity index (χ0v) is 10.4. The van der Waals surface area contributed by atoms with Crippen LogP contribution in [0.1, 0.15) is 51.9 Å². The van der Waals surface area contributed by atoms with Crippen molar-refractivity contribution < 1.29 is 19.8 Å². The van der Waals surface area contributed by atoms with Gasteiger partial charge in [-0.1, -0.05) is 44.8 Å². The van der Waals surface area contributed by atoms with Gasteiger partial charge in [-0.2, -0.15) is 0 Å². The summed E-state index contributed by atoms with van der Waals surface area (Å²) in [6, 6.07) is 0. The van der Waals surface area contributed by atoms with Crippen molar-refractivity contribution in [2.45, 2.75) is 51.9 Å². The van der Waals surface area contributed by atoms with Gasteiger partial charge in [0.15, 0.2) is 0 Å². The molecule has 0 saturated carbocycles. The lowest BCUT2D eigenvalue weighted by atomic mass is 10.0. The molecule has 0 aliphatic rings. The standard InChI is InChI=1S/C13H22O4/c1-2-3-4-5-6-7-8-9-11(13(16)17)10-12(14)15/h8-9,11H,2-7,10H2,1H3,(H,14,15)(H,16,17)/b9-8-. The maximum Gasteiger partial charge on any atom is 0.310 e. The zero-order chi connectivity index (χ0) is 13.1. The van der Waals surface area contributed by atoms with Crippen LogP contribution in [0.4, 0.5) is 0 Å². The van der Waals surface area contributed by atoms with Crippen LogP contribution in [0.5, 0.6) is 0 Å². The Balaban J connectivity index is 3.77. The molecule has 0 saturated heterocycles. The Labute approximate surface area is 102 Å². The van der Waals surface area contributed by atoms with Crippen molar-refractivity contribution in [2.75, 3.05) is 0 Å². The van der Waals surface area contributed by atoms with E-state index in [1.807, 2.05) is 0 Å². The molecule has 0 aliphatic heterocycles. The van der Waals surface area contributed by atoms with E-state index in [2.05, 4.69) is 6.92 Å². The molecule has 0 rings (SSSR count). The van der Waals surface area contributed by atoms with Crippen LogP contribution in [0, 0.1) is 5.92 Å². The number of carboxylic acids is 2. The molecule has 0 fully saturated rings. The molecule has 0 aliphatic carbocycles. The zero-order valence-electron chi connectivity index (χ0n) is 10.4. The van der Waals surface area contributed by atoms with Crippen molar-refractivity contribution in [3.8, 4) is 0 Å². The van der Waals surface area contributed by atoms with Crippen LogP contribution in [0.25, 0.3) is 0 Å². The minimum absolute atomic E-state index is 0.346. The summed E-state index contributed by atoms with van der Waals surface area (Å²) in [5.74, 6) is -3.05. The molecule has 0 bridgehead atoms. The summed E-state index contributed by atoms with van der Waals surface area (Å²) in [7, 11) is 0. The van der Waals surface area contributed by atoms with Gasteiger partial charge in [0.05, 0.1) is 12.3 Å². The number of allylic oxidation sites excluding steroid dienone is 1. The number of carboxylic acid groups (broad SMARTS) is 2. The van der Waals surface area contributed by atoms with Crippen molar-refractivity contribution in [3.05, 3.63) is 12.2 Å². The van der Waals surface area contributed by atoms with Gasteiger partial charge < -0.3 is 10.2 Å². The van der Waals surface area contributed by atoms with Gasteiger partial charge >= 0.3 is 11.9 Å². The molecule has 0 aromatic rings. The molecule has 1 atom stereocenters. The molecule has 0 aromatic carbocycles. The van der Waals surface area contributed by atoms with Crippen LogP contribution in [0.3, 0.4) is 0 Å². The Kier molecular flexibility index (Phi) is 9.11. The molecule has 1 unspecified atom stereocenters. The average Bonchev–Trinajstić information content (AvgIpc) is 2.25. The number of rotatable bonds is 10. The monoisotopic (exact) mass is 242 g/mol. The average molecular weight is 242 g/mol. The smallest absolute Gasteiger partial charge is 0.310 e. The highest BCUT2D eigenvalue weighted by atomic mass is 16.4. The summed E-state index contributed by atoms with van der Waals surface area (Å²) in [5, 5.41) is 17.3. The van der Waals surface area contributed by atoms with E-state index in [1.54, 1.807) is 6.08 Å². The second-order valence-corrected chi connectivity index (χ2v) is 4.17. The van der Waals surface area contributed by atoms with Crippen LogP contribution in [0.2, 0.25) is 0 Å². The highest BCUT2D eigenvalue weighted by Crippen LogP contribution is 2.09. The Morgan fingerprint density at radius 2 is 1.76 bits per heavy atom. The predicted octanol–water partition coefficient (Wildman–Crippen LogP) is 3.08. The maximum absolute atomic E-state index is 10.7. The topological polar surface area (TPSA) is 74.6 Å². The summed E-state index contributed by atoms with van der Waals surface area (Å²) in [5.41, 5.74) is 0. The third-order valence-electron chi connectivity index (χ3n) is 2.55. The van der Waals surface area contributed by atoms with Crippen LogP contribution in [-0.2, 0) is 9.59 Å². The fourth-order valence-corrected chi connectivity index (χ4v) is 1.55. The lowest BCUT2D eigenvalue weighted by Gasteiger charge is -2.03. The fraction of sp³-hybridized carbons (Fsp3) is 0.692. The summed E-state index contributed by atoms with van der Waals surface area (Å²) in [6.45, 7) is 2.16. The first-order valence-corrected chi connectivity index (χ1v) is 6.19. The quantitative estimate of drug-likeness (QED) is 0.456. The van der Waals surface area contributed by atoms with Gasteiger partial charge in [0, 0.05) is 0 Å². The number of carbonyl (C=O) groups is 2. The first-order chi connectivity index (χ1) is 8.07. The van der Waals surface area contributed by atoms with Crippen LogP contribution >= 0.6 is 0 Å². The van der Waals surface area contributed by atoms with E-state index in [9.17, 15) is 9.59 Å². The van der Waals surface area contributed by atoms with Crippen molar-refractivity contribution in [1.29, 1.82) is 0 Å². The van der Waals surface area contributed by atoms with Gasteiger partial charge in [0.1, 0.15) is 0 Å². The Bertz CT molecular complexity index is 258. The van der Waals surface area contributed by atoms with E-state index < -0.39 is 17.9 Å². The first kappa shape index (κ1) is 15.7. The summed E-state index contributed by atoms with van der Waals surface area (Å²) in [4.78, 5) is 21.1. The molecule has 0 radical (unpaired) electrons. The van der Waals surface area contributed by atoms with Gasteiger partial charge in [-0.05, 0) is 12.8 Å². The molecule has 0 aromatic heterocycles. The third kappa shape index (κ3) is 9.60. The summed E-state index contributed by atoms with van der Waals surface area (Å²) >= 11 is 0. The molecular formula is C13H22O4. The van der Waals surface area contributed by atoms with Crippen LogP contribution < -0.4 is 0 Å². The van der Waals surface area contributed by atoms with Crippen molar-refractivity contribution in [2.24, 2.45) is 5.92 Å². The minimum atomic E-state index is -1.08. The van der Waals surface area contributed by atoms with E-state index >= 15 is 0 Å². The lowest BCUT2D eigenvalue weighted by molar-refractivity contribution is -0.146. The lowest BCUT2D eigenvalue weighted by Crippen LogP contribution is -2.15. The Hall–Kier alpha value is -1.32. The molecule has 0 spiro atoms. The SMILES string of the molecule is CCCCCCC/C=C\C(CC(=O)O)C(=O)O. The first-order valence-electron chi connectivity index (χ1n) is 6.19. The Morgan fingerprint density at radius 1 is 1.12 bits per heavy atom. The molecule has 2 N–H and O–H groups in total. The maximum atomic E-state index is 10.7. The Morgan fingerprint density at radius 3 is 2.29 bits per heavy atom. The highest BCUT2D eigenvalue weighted by molar-refractivity contribution is 5.79. The molecule has 4 heteroatoms. The van der Waals surface area contributed by atoms with E-state index in [1.165, 1.54) is 25.3 Å². The number of unbranched alkanes of at least 4 members (excludes halogenated alkanes) is 5. The van der Waals surface area contributed by atoms with Gasteiger partial charge in [-0.15, -0.1) is 0 Å². The van der Waals surface area contributed by atoms with E-state index in [4.69, 9.17) is 10.2 Å². The van der Waals surface area contributed by atoms with Gasteiger partial charge in [-0.25, -0.2) is 0 Å². The number of aliphatic carboxylic acids is 2. The highest BCUT2D eigenvalue weighted by Gasteiger charge is 2.17. The van der Waals surface area contributed by atoms with E-state index in [-0.39, 0.29) is 6.42 Å². The summed E-state index contributed by atoms with van der Waals surface area (Å²) < 4.78 is 0. The van der Waals surface area contributed by atoms with Crippen LogP contribution in [0.15, 0.2) is 12.2 Å². The molecule has 0 amide bonds. The van der Waals surface area contributed by atoms with Crippen LogP contribution in [-0.4, -0.2) is 22.2 Å². The van der Waals surface area contributed by atoms with Crippen molar-refractivity contribution in [1.82, 2.24) is 0 Å². The molecule has 0 heterocycles. The number of hydrogen-bond donors (Lipinski definition) is 2. The molecule has 17 heavy (non-hydrogen) atoms. The van der Waals surface area contributed by atoms with Crippen molar-refractivity contribution >= 4 is 11.9 Å². The predicted molar refractivity (Wildman–Crippen MR) is 65.9 cm³/mol. The molecular weight excluding hydrogens is 220 g/mol.